The van der Waals surface area contributed by atoms with Crippen LogP contribution in [0.25, 0.3) is 10.2 Å². The molecule has 3 rings (SSSR count). The van der Waals surface area contributed by atoms with E-state index in [1.54, 1.807) is 0 Å². The van der Waals surface area contributed by atoms with Gasteiger partial charge in [0, 0.05) is 6.54 Å². The lowest BCUT2D eigenvalue weighted by atomic mass is 10.2. The quantitative estimate of drug-likeness (QED) is 0.922. The molecule has 7 heteroatoms. The number of rotatable bonds is 2. The second-order valence-corrected chi connectivity index (χ2v) is 7.89. The normalized spacial score (nSPS) is 20.1. The number of hydrogen-bond donors (Lipinski definition) is 1. The van der Waals surface area contributed by atoms with Gasteiger partial charge < -0.3 is 5.32 Å². The topological polar surface area (TPSA) is 59.1 Å². The van der Waals surface area contributed by atoms with Gasteiger partial charge in [-0.05, 0) is 31.5 Å². The average molecular weight is 319 g/mol. The van der Waals surface area contributed by atoms with E-state index in [0.717, 1.165) is 29.6 Å². The van der Waals surface area contributed by atoms with Crippen LogP contribution in [-0.4, -0.2) is 31.7 Å². The number of benzene rings is 1. The lowest BCUT2D eigenvalue weighted by Crippen LogP contribution is -2.38. The molecule has 0 amide bonds. The standard InChI is InChI=1S/C12H14N2O2S2.ClH/c15-18(16,9-4-3-7-13-8-9)12-14-10-5-1-2-6-11(10)17-12;/h1-2,5-6,9,13H,3-4,7-8H2;1H. The smallest absolute Gasteiger partial charge is 0.210 e. The number of hydrogen-bond acceptors (Lipinski definition) is 5. The number of nitrogens with zero attached hydrogens (tertiary/aromatic N) is 1. The molecule has 19 heavy (non-hydrogen) atoms. The molecule has 1 aliphatic heterocycles. The summed E-state index contributed by atoms with van der Waals surface area (Å²) in [6, 6.07) is 7.54. The number of aromatic nitrogens is 1. The van der Waals surface area contributed by atoms with Crippen molar-refractivity contribution < 1.29 is 8.42 Å². The highest BCUT2D eigenvalue weighted by atomic mass is 35.5. The van der Waals surface area contributed by atoms with Gasteiger partial charge in [-0.2, -0.15) is 0 Å². The molecule has 0 bridgehead atoms. The van der Waals surface area contributed by atoms with Gasteiger partial charge in [0.25, 0.3) is 0 Å². The molecule has 0 saturated carbocycles. The Labute approximate surface area is 122 Å². The molecule has 1 aromatic heterocycles. The van der Waals surface area contributed by atoms with Crippen molar-refractivity contribution in [2.75, 3.05) is 13.1 Å². The zero-order valence-electron chi connectivity index (χ0n) is 10.2. The molecule has 1 aromatic carbocycles. The van der Waals surface area contributed by atoms with Gasteiger partial charge in [0.2, 0.25) is 14.2 Å². The predicted octanol–water partition coefficient (Wildman–Crippen LogP) is 2.24. The third-order valence-electron chi connectivity index (χ3n) is 3.21. The summed E-state index contributed by atoms with van der Waals surface area (Å²) < 4.78 is 26.1. The van der Waals surface area contributed by atoms with Crippen LogP contribution in [0.5, 0.6) is 0 Å². The van der Waals surface area contributed by atoms with E-state index >= 15 is 0 Å². The Balaban J connectivity index is 0.00000133. The molecule has 0 aliphatic carbocycles. The first-order valence-corrected chi connectivity index (χ1v) is 8.34. The van der Waals surface area contributed by atoms with Gasteiger partial charge in [0.05, 0.1) is 15.5 Å². The SMILES string of the molecule is Cl.O=S(=O)(c1nc2ccccc2s1)C1CCCNC1. The van der Waals surface area contributed by atoms with Gasteiger partial charge in [-0.3, -0.25) is 0 Å². The summed E-state index contributed by atoms with van der Waals surface area (Å²) in [6.45, 7) is 1.45. The highest BCUT2D eigenvalue weighted by Gasteiger charge is 2.31. The molecule has 1 saturated heterocycles. The zero-order chi connectivity index (χ0) is 12.6. The van der Waals surface area contributed by atoms with E-state index in [2.05, 4.69) is 10.3 Å². The number of piperidine rings is 1. The monoisotopic (exact) mass is 318 g/mol. The molecule has 1 unspecified atom stereocenters. The number of nitrogens with one attached hydrogen (secondary N) is 1. The maximum Gasteiger partial charge on any atom is 0.210 e. The molecule has 2 aromatic rings. The van der Waals surface area contributed by atoms with Crippen LogP contribution >= 0.6 is 23.7 Å². The van der Waals surface area contributed by atoms with Crippen molar-refractivity contribution in [1.82, 2.24) is 10.3 Å². The van der Waals surface area contributed by atoms with Gasteiger partial charge in [0.15, 0.2) is 0 Å². The summed E-state index contributed by atoms with van der Waals surface area (Å²) in [5.41, 5.74) is 0.768. The van der Waals surface area contributed by atoms with Crippen LogP contribution in [0.1, 0.15) is 12.8 Å². The number of thiazole rings is 1. The van der Waals surface area contributed by atoms with Crippen molar-refractivity contribution in [3.8, 4) is 0 Å². The first kappa shape index (κ1) is 14.7. The number of sulfone groups is 1. The molecule has 1 atom stereocenters. The third kappa shape index (κ3) is 2.76. The van der Waals surface area contributed by atoms with Gasteiger partial charge in [0.1, 0.15) is 0 Å². The van der Waals surface area contributed by atoms with Crippen LogP contribution in [0.3, 0.4) is 0 Å². The Morgan fingerprint density at radius 2 is 2.11 bits per heavy atom. The minimum absolute atomic E-state index is 0. The summed E-state index contributed by atoms with van der Waals surface area (Å²) in [5, 5.41) is 2.82. The van der Waals surface area contributed by atoms with Crippen molar-refractivity contribution in [2.45, 2.75) is 22.4 Å². The molecular weight excluding hydrogens is 304 g/mol. The van der Waals surface area contributed by atoms with E-state index in [1.165, 1.54) is 11.3 Å². The van der Waals surface area contributed by atoms with E-state index in [4.69, 9.17) is 0 Å². The van der Waals surface area contributed by atoms with Crippen molar-refractivity contribution in [3.63, 3.8) is 0 Å². The fraction of sp³-hybridized carbons (Fsp3) is 0.417. The summed E-state index contributed by atoms with van der Waals surface area (Å²) in [6.07, 6.45) is 1.64. The van der Waals surface area contributed by atoms with Gasteiger partial charge in [-0.15, -0.1) is 23.7 Å². The van der Waals surface area contributed by atoms with Crippen molar-refractivity contribution in [2.24, 2.45) is 0 Å². The Bertz CT molecular complexity index is 630. The van der Waals surface area contributed by atoms with E-state index in [0.29, 0.717) is 6.54 Å². The van der Waals surface area contributed by atoms with Crippen LogP contribution in [0, 0.1) is 0 Å². The van der Waals surface area contributed by atoms with Crippen LogP contribution in [-0.2, 0) is 9.84 Å². The first-order valence-electron chi connectivity index (χ1n) is 5.98. The first-order chi connectivity index (χ1) is 8.68. The van der Waals surface area contributed by atoms with Crippen LogP contribution in [0.15, 0.2) is 28.6 Å². The summed E-state index contributed by atoms with van der Waals surface area (Å²) in [4.78, 5) is 4.26. The molecule has 0 radical (unpaired) electrons. The van der Waals surface area contributed by atoms with Crippen molar-refractivity contribution in [3.05, 3.63) is 24.3 Å². The highest BCUT2D eigenvalue weighted by molar-refractivity contribution is 7.94. The lowest BCUT2D eigenvalue weighted by molar-refractivity contribution is 0.496. The van der Waals surface area contributed by atoms with Crippen LogP contribution < -0.4 is 5.32 Å². The third-order valence-corrected chi connectivity index (χ3v) is 6.84. The lowest BCUT2D eigenvalue weighted by Gasteiger charge is -2.21. The fourth-order valence-electron chi connectivity index (χ4n) is 2.20. The molecule has 1 aliphatic rings. The van der Waals surface area contributed by atoms with E-state index < -0.39 is 9.84 Å². The number of halogens is 1. The maximum atomic E-state index is 12.5. The summed E-state index contributed by atoms with van der Waals surface area (Å²) >= 11 is 1.27. The minimum Gasteiger partial charge on any atom is -0.315 e. The molecule has 0 spiro atoms. The Morgan fingerprint density at radius 3 is 2.79 bits per heavy atom. The summed E-state index contributed by atoms with van der Waals surface area (Å²) in [5.74, 6) is 0. The minimum atomic E-state index is -3.28. The number of para-hydroxylation sites is 1. The second kappa shape index (κ2) is 5.75. The van der Waals surface area contributed by atoms with Crippen molar-refractivity contribution in [1.29, 1.82) is 0 Å². The molecule has 104 valence electrons. The molecule has 2 heterocycles. The highest BCUT2D eigenvalue weighted by Crippen LogP contribution is 2.29. The van der Waals surface area contributed by atoms with E-state index in [1.807, 2.05) is 24.3 Å². The largest absolute Gasteiger partial charge is 0.315 e. The molecule has 4 nitrogen and oxygen atoms in total. The van der Waals surface area contributed by atoms with E-state index in [9.17, 15) is 8.42 Å². The fourth-order valence-corrected chi connectivity index (χ4v) is 5.36. The van der Waals surface area contributed by atoms with Crippen molar-refractivity contribution >= 4 is 43.8 Å². The molecular formula is C12H15ClN2O2S2. The Kier molecular flexibility index (Phi) is 4.45. The summed E-state index contributed by atoms with van der Waals surface area (Å²) in [7, 11) is -3.28. The molecule has 1 N–H and O–H groups in total. The van der Waals surface area contributed by atoms with Crippen LogP contribution in [0.4, 0.5) is 0 Å². The molecule has 1 fully saturated rings. The van der Waals surface area contributed by atoms with E-state index in [-0.39, 0.29) is 22.0 Å². The van der Waals surface area contributed by atoms with Crippen LogP contribution in [0.2, 0.25) is 0 Å². The number of fused-ring (bicyclic) bond motifs is 1. The average Bonchev–Trinajstić information content (AvgIpc) is 2.84. The predicted molar refractivity (Wildman–Crippen MR) is 79.9 cm³/mol. The maximum absolute atomic E-state index is 12.5. The Morgan fingerprint density at radius 1 is 1.32 bits per heavy atom. The van der Waals surface area contributed by atoms with Gasteiger partial charge in [-0.1, -0.05) is 12.1 Å². The Hall–Kier alpha value is -0.690. The van der Waals surface area contributed by atoms with Gasteiger partial charge >= 0.3 is 0 Å². The zero-order valence-corrected chi connectivity index (χ0v) is 12.7. The second-order valence-electron chi connectivity index (χ2n) is 4.46. The van der Waals surface area contributed by atoms with Gasteiger partial charge in [-0.25, -0.2) is 13.4 Å².